The van der Waals surface area contributed by atoms with E-state index in [-0.39, 0.29) is 6.61 Å². The summed E-state index contributed by atoms with van der Waals surface area (Å²) in [6.07, 6.45) is -0.551. The summed E-state index contributed by atoms with van der Waals surface area (Å²) in [5.41, 5.74) is 0. The Morgan fingerprint density at radius 1 is 1.40 bits per heavy atom. The van der Waals surface area contributed by atoms with Gasteiger partial charge in [0.1, 0.15) is 6.42 Å². The van der Waals surface area contributed by atoms with Crippen molar-refractivity contribution in [3.63, 3.8) is 0 Å². The summed E-state index contributed by atoms with van der Waals surface area (Å²) in [6, 6.07) is 0. The van der Waals surface area contributed by atoms with Gasteiger partial charge in [-0.15, -0.1) is 0 Å². The minimum atomic E-state index is -1.02. The fourth-order valence-corrected chi connectivity index (χ4v) is 0.362. The second-order valence-corrected chi connectivity index (χ2v) is 1.45. The van der Waals surface area contributed by atoms with Gasteiger partial charge in [0.05, 0.1) is 6.61 Å². The first kappa shape index (κ1) is 8.90. The Morgan fingerprint density at radius 3 is 2.40 bits per heavy atom. The van der Waals surface area contributed by atoms with E-state index in [1.54, 1.807) is 6.92 Å². The quantitative estimate of drug-likeness (QED) is 0.263. The van der Waals surface area contributed by atoms with Gasteiger partial charge in [-0.3, -0.25) is 4.79 Å². The zero-order chi connectivity index (χ0) is 7.98. The molecule has 0 fully saturated rings. The SMILES string of the molecule is CCOC(=O)CC(=O)OO. The van der Waals surface area contributed by atoms with Crippen LogP contribution in [-0.4, -0.2) is 23.8 Å². The van der Waals surface area contributed by atoms with Gasteiger partial charge in [-0.2, -0.15) is 5.26 Å². The lowest BCUT2D eigenvalue weighted by molar-refractivity contribution is -0.234. The van der Waals surface area contributed by atoms with Crippen LogP contribution in [0.25, 0.3) is 0 Å². The van der Waals surface area contributed by atoms with Crippen LogP contribution in [0.5, 0.6) is 0 Å². The monoisotopic (exact) mass is 148 g/mol. The van der Waals surface area contributed by atoms with Crippen LogP contribution in [0, 0.1) is 0 Å². The van der Waals surface area contributed by atoms with Crippen LogP contribution >= 0.6 is 0 Å². The lowest BCUT2D eigenvalue weighted by atomic mass is 10.4. The number of esters is 1. The Labute approximate surface area is 57.5 Å². The Morgan fingerprint density at radius 2 is 2.00 bits per heavy atom. The topological polar surface area (TPSA) is 72.8 Å². The number of carbonyl (C=O) groups excluding carboxylic acids is 2. The highest BCUT2D eigenvalue weighted by Gasteiger charge is 2.10. The Hall–Kier alpha value is -1.10. The highest BCUT2D eigenvalue weighted by atomic mass is 17.1. The molecule has 0 aromatic carbocycles. The highest BCUT2D eigenvalue weighted by Crippen LogP contribution is 1.87. The van der Waals surface area contributed by atoms with Crippen molar-refractivity contribution in [2.24, 2.45) is 0 Å². The highest BCUT2D eigenvalue weighted by molar-refractivity contribution is 5.90. The molecule has 0 unspecified atom stereocenters. The lowest BCUT2D eigenvalue weighted by Crippen LogP contribution is -2.12. The maximum absolute atomic E-state index is 10.4. The van der Waals surface area contributed by atoms with Gasteiger partial charge in [-0.1, -0.05) is 0 Å². The predicted octanol–water partition coefficient (Wildman–Crippen LogP) is -0.0442. The molecule has 0 amide bonds. The minimum absolute atomic E-state index is 0.206. The summed E-state index contributed by atoms with van der Waals surface area (Å²) in [5, 5.41) is 7.69. The third-order valence-electron chi connectivity index (χ3n) is 0.696. The normalized spacial score (nSPS) is 8.60. The van der Waals surface area contributed by atoms with E-state index in [2.05, 4.69) is 9.62 Å². The molecule has 0 atom stereocenters. The van der Waals surface area contributed by atoms with Gasteiger partial charge in [0.25, 0.3) is 0 Å². The fourth-order valence-electron chi connectivity index (χ4n) is 0.362. The molecule has 0 rings (SSSR count). The molecule has 0 radical (unpaired) electrons. The standard InChI is InChI=1S/C5H8O5/c1-2-9-4(6)3-5(7)10-8/h8H,2-3H2,1H3. The Kier molecular flexibility index (Phi) is 4.23. The maximum atomic E-state index is 10.4. The molecule has 0 bridgehead atoms. The molecule has 10 heavy (non-hydrogen) atoms. The van der Waals surface area contributed by atoms with Crippen LogP contribution in [0.1, 0.15) is 13.3 Å². The van der Waals surface area contributed by atoms with Crippen LogP contribution in [0.2, 0.25) is 0 Å². The summed E-state index contributed by atoms with van der Waals surface area (Å²) < 4.78 is 4.36. The first-order valence-corrected chi connectivity index (χ1v) is 2.70. The molecule has 0 saturated heterocycles. The molecule has 5 heteroatoms. The van der Waals surface area contributed by atoms with Crippen molar-refractivity contribution in [1.29, 1.82) is 0 Å². The maximum Gasteiger partial charge on any atom is 0.353 e. The molecule has 58 valence electrons. The van der Waals surface area contributed by atoms with E-state index >= 15 is 0 Å². The van der Waals surface area contributed by atoms with Crippen LogP contribution in [0.3, 0.4) is 0 Å². The molecule has 0 saturated carbocycles. The van der Waals surface area contributed by atoms with Crippen molar-refractivity contribution in [3.05, 3.63) is 0 Å². The van der Waals surface area contributed by atoms with Crippen molar-refractivity contribution in [2.45, 2.75) is 13.3 Å². The summed E-state index contributed by atoms with van der Waals surface area (Å²) >= 11 is 0. The molecular weight excluding hydrogens is 140 g/mol. The van der Waals surface area contributed by atoms with Gasteiger partial charge in [0.15, 0.2) is 0 Å². The number of hydrogen-bond donors (Lipinski definition) is 1. The van der Waals surface area contributed by atoms with E-state index in [0.717, 1.165) is 0 Å². The second kappa shape index (κ2) is 4.75. The average molecular weight is 148 g/mol. The third-order valence-corrected chi connectivity index (χ3v) is 0.696. The lowest BCUT2D eigenvalue weighted by Gasteiger charge is -1.97. The number of ether oxygens (including phenoxy) is 1. The summed E-state index contributed by atoms with van der Waals surface area (Å²) in [4.78, 5) is 23.7. The van der Waals surface area contributed by atoms with Gasteiger partial charge in [-0.25, -0.2) is 4.79 Å². The van der Waals surface area contributed by atoms with E-state index in [1.807, 2.05) is 0 Å². The molecule has 1 N–H and O–H groups in total. The largest absolute Gasteiger partial charge is 0.466 e. The summed E-state index contributed by atoms with van der Waals surface area (Å²) in [5.74, 6) is -1.72. The van der Waals surface area contributed by atoms with Crippen molar-refractivity contribution in [3.8, 4) is 0 Å². The molecule has 0 aliphatic carbocycles. The molecule has 0 spiro atoms. The predicted molar refractivity (Wildman–Crippen MR) is 30.0 cm³/mol. The molecule has 0 heterocycles. The molecular formula is C5H8O5. The zero-order valence-corrected chi connectivity index (χ0v) is 5.49. The smallest absolute Gasteiger partial charge is 0.353 e. The van der Waals surface area contributed by atoms with Gasteiger partial charge in [0.2, 0.25) is 0 Å². The Bertz CT molecular complexity index is 130. The van der Waals surface area contributed by atoms with Gasteiger partial charge in [-0.05, 0) is 6.92 Å². The molecule has 5 nitrogen and oxygen atoms in total. The van der Waals surface area contributed by atoms with Crippen LogP contribution in [-0.2, 0) is 19.2 Å². The van der Waals surface area contributed by atoms with Crippen LogP contribution < -0.4 is 0 Å². The first-order chi connectivity index (χ1) is 4.70. The zero-order valence-electron chi connectivity index (χ0n) is 5.49. The van der Waals surface area contributed by atoms with E-state index in [4.69, 9.17) is 5.26 Å². The van der Waals surface area contributed by atoms with Crippen molar-refractivity contribution in [1.82, 2.24) is 0 Å². The molecule has 0 aromatic heterocycles. The van der Waals surface area contributed by atoms with Crippen molar-refractivity contribution in [2.75, 3.05) is 6.61 Å². The minimum Gasteiger partial charge on any atom is -0.466 e. The molecule has 0 aliphatic rings. The van der Waals surface area contributed by atoms with Gasteiger partial charge < -0.3 is 9.62 Å². The van der Waals surface area contributed by atoms with Crippen molar-refractivity contribution >= 4 is 11.9 Å². The van der Waals surface area contributed by atoms with E-state index < -0.39 is 18.4 Å². The van der Waals surface area contributed by atoms with Gasteiger partial charge >= 0.3 is 11.9 Å². The van der Waals surface area contributed by atoms with Crippen LogP contribution in [0.15, 0.2) is 0 Å². The first-order valence-electron chi connectivity index (χ1n) is 2.70. The Balaban J connectivity index is 3.47. The molecule has 0 aliphatic heterocycles. The van der Waals surface area contributed by atoms with Gasteiger partial charge in [0, 0.05) is 0 Å². The average Bonchev–Trinajstić information content (AvgIpc) is 1.88. The summed E-state index contributed by atoms with van der Waals surface area (Å²) in [7, 11) is 0. The number of hydrogen-bond acceptors (Lipinski definition) is 5. The van der Waals surface area contributed by atoms with E-state index in [9.17, 15) is 9.59 Å². The number of rotatable bonds is 3. The number of carbonyl (C=O) groups is 2. The van der Waals surface area contributed by atoms with Crippen LogP contribution in [0.4, 0.5) is 0 Å². The second-order valence-electron chi connectivity index (χ2n) is 1.45. The third kappa shape index (κ3) is 3.85. The van der Waals surface area contributed by atoms with E-state index in [1.165, 1.54) is 0 Å². The van der Waals surface area contributed by atoms with Crippen molar-refractivity contribution < 1.29 is 24.5 Å². The summed E-state index contributed by atoms with van der Waals surface area (Å²) in [6.45, 7) is 1.82. The fraction of sp³-hybridized carbons (Fsp3) is 0.600. The molecule has 0 aromatic rings. The van der Waals surface area contributed by atoms with E-state index in [0.29, 0.717) is 0 Å².